The molecule has 7 heteroatoms. The molecule has 3 aromatic rings. The molecule has 168 valence electrons. The molecule has 0 saturated carbocycles. The Balaban J connectivity index is 1.33. The molecule has 0 radical (unpaired) electrons. The summed E-state index contributed by atoms with van der Waals surface area (Å²) in [5.41, 5.74) is 3.00. The number of hydrogen-bond donors (Lipinski definition) is 1. The van der Waals surface area contributed by atoms with Gasteiger partial charge in [0.1, 0.15) is 5.75 Å². The van der Waals surface area contributed by atoms with E-state index in [-0.39, 0.29) is 17.9 Å². The second-order valence-corrected chi connectivity index (χ2v) is 9.34. The number of ether oxygens (including phenoxy) is 1. The van der Waals surface area contributed by atoms with Gasteiger partial charge in [0.2, 0.25) is 0 Å². The smallest absolute Gasteiger partial charge is 0.256 e. The van der Waals surface area contributed by atoms with E-state index in [0.29, 0.717) is 23.4 Å². The molecular formula is C26H25N3O3S. The molecule has 6 nitrogen and oxygen atoms in total. The fraction of sp³-hybridized carbons (Fsp3) is 0.231. The van der Waals surface area contributed by atoms with Gasteiger partial charge in [0, 0.05) is 52.8 Å². The van der Waals surface area contributed by atoms with Gasteiger partial charge in [-0.1, -0.05) is 30.0 Å². The fourth-order valence-corrected chi connectivity index (χ4v) is 5.38. The Morgan fingerprint density at radius 1 is 1.03 bits per heavy atom. The number of rotatable bonds is 3. The Morgan fingerprint density at radius 3 is 2.70 bits per heavy atom. The standard InChI is InChI=1S/C26H25N3O3S/c1-17-16-28(19-6-5-7-20(15-19)32-2)12-13-29(17)26(31)18-10-11-24-22(14-18)27-25(30)21-8-3-4-9-23(21)33-24/h3-11,14-15,17H,12-13,16H2,1-2H3,(H,27,30). The number of carbonyl (C=O) groups is 2. The Kier molecular flexibility index (Phi) is 5.72. The number of carbonyl (C=O) groups excluding carboxylic acids is 2. The zero-order valence-electron chi connectivity index (χ0n) is 18.6. The SMILES string of the molecule is COc1cccc(N2CCN(C(=O)c3ccc4c(c3)NC(=O)c3ccccc3S4)C(C)C2)c1. The van der Waals surface area contributed by atoms with Crippen LogP contribution in [0.1, 0.15) is 27.6 Å². The van der Waals surface area contributed by atoms with Crippen LogP contribution in [0.25, 0.3) is 0 Å². The molecule has 0 aromatic heterocycles. The number of methoxy groups -OCH3 is 1. The topological polar surface area (TPSA) is 61.9 Å². The van der Waals surface area contributed by atoms with Crippen LogP contribution in [-0.2, 0) is 0 Å². The molecule has 0 bridgehead atoms. The van der Waals surface area contributed by atoms with Gasteiger partial charge in [-0.25, -0.2) is 0 Å². The van der Waals surface area contributed by atoms with Crippen molar-refractivity contribution in [3.05, 3.63) is 77.9 Å². The number of hydrogen-bond acceptors (Lipinski definition) is 5. The number of benzene rings is 3. The van der Waals surface area contributed by atoms with E-state index in [0.717, 1.165) is 34.3 Å². The van der Waals surface area contributed by atoms with E-state index >= 15 is 0 Å². The summed E-state index contributed by atoms with van der Waals surface area (Å²) in [5, 5.41) is 2.98. The van der Waals surface area contributed by atoms with Gasteiger partial charge < -0.3 is 19.9 Å². The maximum Gasteiger partial charge on any atom is 0.256 e. The third-order valence-corrected chi connectivity index (χ3v) is 7.28. The van der Waals surface area contributed by atoms with Crippen molar-refractivity contribution in [1.29, 1.82) is 0 Å². The largest absolute Gasteiger partial charge is 0.497 e. The molecule has 0 spiro atoms. The molecule has 33 heavy (non-hydrogen) atoms. The zero-order valence-corrected chi connectivity index (χ0v) is 19.4. The average molecular weight is 460 g/mol. The van der Waals surface area contributed by atoms with Gasteiger partial charge >= 0.3 is 0 Å². The van der Waals surface area contributed by atoms with Crippen molar-refractivity contribution in [1.82, 2.24) is 4.90 Å². The van der Waals surface area contributed by atoms with Crippen LogP contribution in [0.2, 0.25) is 0 Å². The first kappa shape index (κ1) is 21.4. The Bertz CT molecular complexity index is 1230. The lowest BCUT2D eigenvalue weighted by molar-refractivity contribution is 0.0674. The molecule has 2 aliphatic rings. The summed E-state index contributed by atoms with van der Waals surface area (Å²) in [5.74, 6) is 0.657. The van der Waals surface area contributed by atoms with E-state index in [4.69, 9.17) is 4.74 Å². The second kappa shape index (κ2) is 8.83. The number of fused-ring (bicyclic) bond motifs is 2. The van der Waals surface area contributed by atoms with Gasteiger partial charge in [-0.15, -0.1) is 0 Å². The molecule has 2 amide bonds. The van der Waals surface area contributed by atoms with E-state index < -0.39 is 0 Å². The zero-order chi connectivity index (χ0) is 22.9. The van der Waals surface area contributed by atoms with Crippen LogP contribution in [0, 0.1) is 0 Å². The van der Waals surface area contributed by atoms with Crippen molar-refractivity contribution in [2.45, 2.75) is 22.8 Å². The van der Waals surface area contributed by atoms with Crippen molar-refractivity contribution < 1.29 is 14.3 Å². The Hall–Kier alpha value is -3.45. The molecule has 2 heterocycles. The Morgan fingerprint density at radius 2 is 1.88 bits per heavy atom. The molecule has 2 aliphatic heterocycles. The van der Waals surface area contributed by atoms with Gasteiger partial charge in [0.15, 0.2) is 0 Å². The highest BCUT2D eigenvalue weighted by atomic mass is 32.2. The van der Waals surface area contributed by atoms with E-state index in [9.17, 15) is 9.59 Å². The van der Waals surface area contributed by atoms with E-state index in [1.165, 1.54) is 11.8 Å². The maximum atomic E-state index is 13.4. The Labute approximate surface area is 197 Å². The van der Waals surface area contributed by atoms with Crippen molar-refractivity contribution in [3.63, 3.8) is 0 Å². The van der Waals surface area contributed by atoms with Gasteiger partial charge in [0.05, 0.1) is 18.4 Å². The normalized spacial score (nSPS) is 17.5. The first-order valence-electron chi connectivity index (χ1n) is 11.0. The van der Waals surface area contributed by atoms with Crippen LogP contribution >= 0.6 is 11.8 Å². The highest BCUT2D eigenvalue weighted by Crippen LogP contribution is 2.39. The summed E-state index contributed by atoms with van der Waals surface area (Å²) < 4.78 is 5.35. The van der Waals surface area contributed by atoms with Crippen LogP contribution in [0.4, 0.5) is 11.4 Å². The van der Waals surface area contributed by atoms with Crippen molar-refractivity contribution >= 4 is 35.0 Å². The van der Waals surface area contributed by atoms with E-state index in [1.54, 1.807) is 13.2 Å². The monoisotopic (exact) mass is 459 g/mol. The van der Waals surface area contributed by atoms with Crippen molar-refractivity contribution in [3.8, 4) is 5.75 Å². The van der Waals surface area contributed by atoms with Crippen LogP contribution in [-0.4, -0.2) is 49.5 Å². The quantitative estimate of drug-likeness (QED) is 0.612. The minimum Gasteiger partial charge on any atom is -0.497 e. The van der Waals surface area contributed by atoms with Gasteiger partial charge in [-0.2, -0.15) is 0 Å². The van der Waals surface area contributed by atoms with Crippen LogP contribution in [0.15, 0.2) is 76.5 Å². The number of amides is 2. The van der Waals surface area contributed by atoms with Crippen LogP contribution in [0.5, 0.6) is 5.75 Å². The lowest BCUT2D eigenvalue weighted by Crippen LogP contribution is -2.54. The minimum atomic E-state index is -0.151. The summed E-state index contributed by atoms with van der Waals surface area (Å²) in [6.45, 7) is 4.19. The van der Waals surface area contributed by atoms with E-state index in [2.05, 4.69) is 23.2 Å². The number of anilines is 2. The molecule has 1 N–H and O–H groups in total. The predicted octanol–water partition coefficient (Wildman–Crippen LogP) is 4.76. The molecule has 1 unspecified atom stereocenters. The molecule has 1 atom stereocenters. The lowest BCUT2D eigenvalue weighted by atomic mass is 10.1. The highest BCUT2D eigenvalue weighted by Gasteiger charge is 2.29. The second-order valence-electron chi connectivity index (χ2n) is 8.26. The van der Waals surface area contributed by atoms with Gasteiger partial charge in [-0.05, 0) is 49.4 Å². The van der Waals surface area contributed by atoms with Crippen LogP contribution in [0.3, 0.4) is 0 Å². The number of nitrogens with zero attached hydrogens (tertiary/aromatic N) is 2. The number of piperazine rings is 1. The molecular weight excluding hydrogens is 434 g/mol. The van der Waals surface area contributed by atoms with Crippen molar-refractivity contribution in [2.75, 3.05) is 37.0 Å². The summed E-state index contributed by atoms with van der Waals surface area (Å²) in [6, 6.07) is 21.2. The third-order valence-electron chi connectivity index (χ3n) is 6.13. The lowest BCUT2D eigenvalue weighted by Gasteiger charge is -2.41. The predicted molar refractivity (Wildman–Crippen MR) is 131 cm³/mol. The maximum absolute atomic E-state index is 13.4. The van der Waals surface area contributed by atoms with Gasteiger partial charge in [0.25, 0.3) is 11.8 Å². The molecule has 1 fully saturated rings. The fourth-order valence-electron chi connectivity index (χ4n) is 4.37. The van der Waals surface area contributed by atoms with Crippen LogP contribution < -0.4 is 15.0 Å². The molecule has 1 saturated heterocycles. The average Bonchev–Trinajstić information content (AvgIpc) is 2.98. The summed E-state index contributed by atoms with van der Waals surface area (Å²) in [7, 11) is 1.67. The number of nitrogens with one attached hydrogen (secondary N) is 1. The third kappa shape index (κ3) is 4.16. The summed E-state index contributed by atoms with van der Waals surface area (Å²) >= 11 is 1.54. The minimum absolute atomic E-state index is 0.0170. The first-order chi connectivity index (χ1) is 16.0. The molecule has 0 aliphatic carbocycles. The van der Waals surface area contributed by atoms with Gasteiger partial charge in [-0.3, -0.25) is 9.59 Å². The first-order valence-corrected chi connectivity index (χ1v) is 11.8. The molecule has 5 rings (SSSR count). The van der Waals surface area contributed by atoms with E-state index in [1.807, 2.05) is 59.5 Å². The molecule has 3 aromatic carbocycles. The summed E-state index contributed by atoms with van der Waals surface area (Å²) in [6.07, 6.45) is 0. The van der Waals surface area contributed by atoms with Crippen molar-refractivity contribution in [2.24, 2.45) is 0 Å². The highest BCUT2D eigenvalue weighted by molar-refractivity contribution is 7.99. The summed E-state index contributed by atoms with van der Waals surface area (Å²) in [4.78, 5) is 32.1.